The third-order valence-corrected chi connectivity index (χ3v) is 19.5. The molecule has 91 heavy (non-hydrogen) atoms. The number of carbonyl (C=O) groups is 2. The SMILES string of the molecule is CCCCCCCC/C=C/CCCCCCCCCCCCCCCCCCCC(=O)NC(COP(=O)(O)OCC[N+](C)(C)C)C(/C=C/CCCCCCCCCCC)OC(=O)CCCCCCCCCCCCCCCCCCC/C=C/CCCCCCCC. The Morgan fingerprint density at radius 2 is 0.637 bits per heavy atom. The second kappa shape index (κ2) is 71.0. The number of esters is 1. The van der Waals surface area contributed by atoms with Crippen molar-refractivity contribution < 1.29 is 37.3 Å². The van der Waals surface area contributed by atoms with E-state index in [1.54, 1.807) is 0 Å². The molecule has 0 heterocycles. The molecule has 3 atom stereocenters. The number of ether oxygens (including phenoxy) is 1. The van der Waals surface area contributed by atoms with Crippen molar-refractivity contribution in [3.63, 3.8) is 0 Å². The molecule has 2 N–H and O–H groups in total. The maximum absolute atomic E-state index is 13.7. The van der Waals surface area contributed by atoms with E-state index in [-0.39, 0.29) is 25.1 Å². The highest BCUT2D eigenvalue weighted by molar-refractivity contribution is 7.47. The Balaban J connectivity index is 4.82. The summed E-state index contributed by atoms with van der Waals surface area (Å²) in [6.07, 6.45) is 90.5. The van der Waals surface area contributed by atoms with Crippen molar-refractivity contribution >= 4 is 19.7 Å². The number of hydrogen-bond donors (Lipinski definition) is 2. The first-order valence-corrected chi connectivity index (χ1v) is 41.8. The minimum absolute atomic E-state index is 0.0439. The molecule has 0 aromatic heterocycles. The molecule has 3 unspecified atom stereocenters. The van der Waals surface area contributed by atoms with Crippen molar-refractivity contribution in [2.45, 2.75) is 431 Å². The zero-order valence-electron chi connectivity index (χ0n) is 61.9. The Kier molecular flexibility index (Phi) is 69.6. The summed E-state index contributed by atoms with van der Waals surface area (Å²) in [7, 11) is 1.52. The Bertz CT molecular complexity index is 1650. The molecule has 538 valence electrons. The van der Waals surface area contributed by atoms with Gasteiger partial charge in [-0.1, -0.05) is 359 Å². The Morgan fingerprint density at radius 1 is 0.374 bits per heavy atom. The minimum Gasteiger partial charge on any atom is -0.456 e. The molecule has 0 bridgehead atoms. The van der Waals surface area contributed by atoms with E-state index in [9.17, 15) is 19.0 Å². The van der Waals surface area contributed by atoms with Crippen LogP contribution in [0.15, 0.2) is 36.5 Å². The summed E-state index contributed by atoms with van der Waals surface area (Å²) in [5.41, 5.74) is 0. The molecule has 0 aliphatic heterocycles. The number of hydrogen-bond acceptors (Lipinski definition) is 6. The van der Waals surface area contributed by atoms with E-state index in [4.69, 9.17) is 13.8 Å². The zero-order chi connectivity index (χ0) is 66.3. The minimum atomic E-state index is -4.45. The van der Waals surface area contributed by atoms with Gasteiger partial charge in [0, 0.05) is 12.8 Å². The van der Waals surface area contributed by atoms with Crippen LogP contribution < -0.4 is 5.32 Å². The van der Waals surface area contributed by atoms with E-state index in [1.165, 1.54) is 327 Å². The van der Waals surface area contributed by atoms with Crippen molar-refractivity contribution in [2.24, 2.45) is 0 Å². The average Bonchev–Trinajstić information content (AvgIpc) is 3.08. The van der Waals surface area contributed by atoms with Gasteiger partial charge in [-0.3, -0.25) is 18.6 Å². The van der Waals surface area contributed by atoms with Crippen molar-refractivity contribution in [1.82, 2.24) is 5.32 Å². The van der Waals surface area contributed by atoms with Crippen LogP contribution in [0.3, 0.4) is 0 Å². The van der Waals surface area contributed by atoms with E-state index in [1.807, 2.05) is 27.2 Å². The lowest BCUT2D eigenvalue weighted by molar-refractivity contribution is -0.870. The summed E-state index contributed by atoms with van der Waals surface area (Å²) in [5.74, 6) is -0.480. The molecule has 0 spiro atoms. The van der Waals surface area contributed by atoms with Crippen LogP contribution in [0.2, 0.25) is 0 Å². The molecule has 0 rings (SSSR count). The van der Waals surface area contributed by atoms with Crippen molar-refractivity contribution in [3.05, 3.63) is 36.5 Å². The van der Waals surface area contributed by atoms with Crippen LogP contribution in [0.5, 0.6) is 0 Å². The molecule has 0 aromatic rings. The van der Waals surface area contributed by atoms with Crippen LogP contribution >= 0.6 is 7.82 Å². The van der Waals surface area contributed by atoms with E-state index < -0.39 is 20.0 Å². The molecule has 0 aliphatic rings. The first-order chi connectivity index (χ1) is 44.4. The second-order valence-electron chi connectivity index (χ2n) is 28.9. The lowest BCUT2D eigenvalue weighted by Gasteiger charge is -2.27. The van der Waals surface area contributed by atoms with Crippen LogP contribution in [-0.2, 0) is 27.9 Å². The van der Waals surface area contributed by atoms with Gasteiger partial charge in [-0.05, 0) is 83.1 Å². The van der Waals surface area contributed by atoms with E-state index in [0.717, 1.165) is 57.8 Å². The quantitative estimate of drug-likeness (QED) is 0.0205. The largest absolute Gasteiger partial charge is 0.472 e. The van der Waals surface area contributed by atoms with Gasteiger partial charge in [0.1, 0.15) is 19.3 Å². The fourth-order valence-electron chi connectivity index (χ4n) is 12.3. The molecule has 0 aromatic carbocycles. The standard InChI is InChI=1S/C81H157N2O7P/c1-7-10-13-16-19-22-25-27-29-31-33-35-37-39-41-43-45-47-49-51-53-55-58-61-64-67-70-73-80(84)82-78(77-89-91(86,87)88-76-75-83(4,5)6)79(72-69-66-63-60-57-24-21-18-15-12-9-3)90-81(85)74-71-68-65-62-59-56-54-52-50-48-46-44-42-40-38-36-34-32-30-28-26-23-20-17-14-11-8-2/h27-30,69,72,78-79H,7-26,31-68,70-71,73-77H2,1-6H3,(H-,82,84,86,87)/p+1/b29-27+,30-28+,72-69+. The summed E-state index contributed by atoms with van der Waals surface area (Å²) in [5, 5.41) is 3.09. The normalized spacial score (nSPS) is 13.5. The molecule has 0 radical (unpaired) electrons. The maximum Gasteiger partial charge on any atom is 0.472 e. The van der Waals surface area contributed by atoms with E-state index in [0.29, 0.717) is 23.9 Å². The van der Waals surface area contributed by atoms with Crippen molar-refractivity contribution in [3.8, 4) is 0 Å². The molecule has 10 heteroatoms. The van der Waals surface area contributed by atoms with Crippen LogP contribution in [0.4, 0.5) is 0 Å². The van der Waals surface area contributed by atoms with Crippen molar-refractivity contribution in [2.75, 3.05) is 40.9 Å². The molecular weight excluding hydrogens is 1140 g/mol. The molecule has 0 saturated carbocycles. The maximum atomic E-state index is 13.7. The number of phosphoric acid groups is 1. The number of likely N-dealkylation sites (N-methyl/N-ethyl adjacent to an activating group) is 1. The summed E-state index contributed by atoms with van der Waals surface area (Å²) < 4.78 is 30.9. The number of quaternary nitrogens is 1. The van der Waals surface area contributed by atoms with Gasteiger partial charge in [0.2, 0.25) is 5.91 Å². The third kappa shape index (κ3) is 72.3. The van der Waals surface area contributed by atoms with Crippen LogP contribution in [0.25, 0.3) is 0 Å². The van der Waals surface area contributed by atoms with Gasteiger partial charge in [-0.2, -0.15) is 0 Å². The zero-order valence-corrected chi connectivity index (χ0v) is 62.8. The number of nitrogens with one attached hydrogen (secondary N) is 1. The fraction of sp³-hybridized carbons (Fsp3) is 0.901. The lowest BCUT2D eigenvalue weighted by Crippen LogP contribution is -2.47. The first-order valence-electron chi connectivity index (χ1n) is 40.3. The van der Waals surface area contributed by atoms with Gasteiger partial charge in [-0.25, -0.2) is 4.57 Å². The van der Waals surface area contributed by atoms with Crippen LogP contribution in [0.1, 0.15) is 419 Å². The van der Waals surface area contributed by atoms with Gasteiger partial charge in [0.05, 0.1) is 33.8 Å². The van der Waals surface area contributed by atoms with Gasteiger partial charge in [0.25, 0.3) is 0 Å². The predicted octanol–water partition coefficient (Wildman–Crippen LogP) is 26.1. The van der Waals surface area contributed by atoms with E-state index >= 15 is 0 Å². The summed E-state index contributed by atoms with van der Waals surface area (Å²) in [6, 6.07) is -0.845. The second-order valence-corrected chi connectivity index (χ2v) is 30.4. The topological polar surface area (TPSA) is 111 Å². The number of phosphoric ester groups is 1. The number of rotatable bonds is 75. The Labute approximate surface area is 567 Å². The van der Waals surface area contributed by atoms with Gasteiger partial charge >= 0.3 is 13.8 Å². The molecule has 0 saturated heterocycles. The summed E-state index contributed by atoms with van der Waals surface area (Å²) in [6.45, 7) is 7.08. The molecule has 0 aliphatic carbocycles. The number of allylic oxidation sites excluding steroid dienone is 5. The fourth-order valence-corrected chi connectivity index (χ4v) is 13.1. The molecule has 0 fully saturated rings. The van der Waals surface area contributed by atoms with Crippen LogP contribution in [-0.4, -0.2) is 74.3 Å². The monoisotopic (exact) mass is 1300 g/mol. The number of amides is 1. The average molecular weight is 1300 g/mol. The third-order valence-electron chi connectivity index (χ3n) is 18.6. The molecule has 9 nitrogen and oxygen atoms in total. The molecule has 1 amide bonds. The van der Waals surface area contributed by atoms with Gasteiger partial charge in [0.15, 0.2) is 0 Å². The Hall–Kier alpha value is -1.77. The summed E-state index contributed by atoms with van der Waals surface area (Å²) >= 11 is 0. The van der Waals surface area contributed by atoms with Crippen LogP contribution in [0, 0.1) is 0 Å². The highest BCUT2D eigenvalue weighted by Crippen LogP contribution is 2.43. The van der Waals surface area contributed by atoms with E-state index in [2.05, 4.69) is 56.5 Å². The smallest absolute Gasteiger partial charge is 0.456 e. The lowest BCUT2D eigenvalue weighted by atomic mass is 10.0. The number of carbonyl (C=O) groups excluding carboxylic acids is 2. The first kappa shape index (κ1) is 89.2. The molecular formula is C81H158N2O7P+. The highest BCUT2D eigenvalue weighted by Gasteiger charge is 2.30. The number of unbranched alkanes of at least 4 members (excludes halogenated alkanes) is 55. The number of nitrogens with zero attached hydrogens (tertiary/aromatic N) is 1. The highest BCUT2D eigenvalue weighted by atomic mass is 31.2. The Morgan fingerprint density at radius 3 is 0.934 bits per heavy atom. The van der Waals surface area contributed by atoms with Gasteiger partial charge in [-0.15, -0.1) is 0 Å². The predicted molar refractivity (Wildman–Crippen MR) is 397 cm³/mol. The summed E-state index contributed by atoms with van der Waals surface area (Å²) in [4.78, 5) is 38.0. The van der Waals surface area contributed by atoms with Gasteiger partial charge < -0.3 is 19.4 Å². The van der Waals surface area contributed by atoms with Crippen molar-refractivity contribution in [1.29, 1.82) is 0 Å².